The molecule has 0 bridgehead atoms. The second-order valence-electron chi connectivity index (χ2n) is 8.97. The van der Waals surface area contributed by atoms with Crippen LogP contribution in [0.5, 0.6) is 0 Å². The van der Waals surface area contributed by atoms with Gasteiger partial charge in [0.1, 0.15) is 0 Å². The first kappa shape index (κ1) is 17.3. The maximum absolute atomic E-state index is 3.78. The monoisotopic (exact) mass is 294 g/mol. The molecule has 2 heteroatoms. The molecule has 5 unspecified atom stereocenters. The molecule has 5 atom stereocenters. The Hall–Kier alpha value is -0.0800. The van der Waals surface area contributed by atoms with Gasteiger partial charge in [0, 0.05) is 25.7 Å². The SMILES string of the molecule is CCNC1CCC(C(C)(C)C)CC1CN1CC(C)C(C)C1. The third kappa shape index (κ3) is 4.45. The zero-order valence-electron chi connectivity index (χ0n) is 15.3. The number of likely N-dealkylation sites (tertiary alicyclic amines) is 1. The summed E-state index contributed by atoms with van der Waals surface area (Å²) in [5.74, 6) is 3.50. The van der Waals surface area contributed by atoms with Crippen molar-refractivity contribution in [2.24, 2.45) is 29.1 Å². The van der Waals surface area contributed by atoms with Crippen molar-refractivity contribution in [3.8, 4) is 0 Å². The molecule has 124 valence electrons. The van der Waals surface area contributed by atoms with Gasteiger partial charge in [-0.05, 0) is 54.9 Å². The largest absolute Gasteiger partial charge is 0.314 e. The summed E-state index contributed by atoms with van der Waals surface area (Å²) in [6.07, 6.45) is 4.20. The van der Waals surface area contributed by atoms with Gasteiger partial charge in [-0.3, -0.25) is 0 Å². The fourth-order valence-corrected chi connectivity index (χ4v) is 4.51. The Morgan fingerprint density at radius 3 is 2.19 bits per heavy atom. The highest BCUT2D eigenvalue weighted by Crippen LogP contribution is 2.41. The minimum Gasteiger partial charge on any atom is -0.314 e. The van der Waals surface area contributed by atoms with E-state index in [1.807, 2.05) is 0 Å². The molecule has 0 aromatic rings. The van der Waals surface area contributed by atoms with Crippen LogP contribution in [0.2, 0.25) is 0 Å². The number of hydrogen-bond donors (Lipinski definition) is 1. The highest BCUT2D eigenvalue weighted by molar-refractivity contribution is 4.91. The lowest BCUT2D eigenvalue weighted by Crippen LogP contribution is -2.47. The molecule has 21 heavy (non-hydrogen) atoms. The summed E-state index contributed by atoms with van der Waals surface area (Å²) >= 11 is 0. The Morgan fingerprint density at radius 1 is 1.05 bits per heavy atom. The van der Waals surface area contributed by atoms with Gasteiger partial charge in [-0.15, -0.1) is 0 Å². The highest BCUT2D eigenvalue weighted by Gasteiger charge is 2.37. The van der Waals surface area contributed by atoms with E-state index in [1.165, 1.54) is 38.9 Å². The summed E-state index contributed by atoms with van der Waals surface area (Å²) in [5, 5.41) is 3.78. The maximum atomic E-state index is 3.78. The van der Waals surface area contributed by atoms with E-state index in [4.69, 9.17) is 0 Å². The summed E-state index contributed by atoms with van der Waals surface area (Å²) in [4.78, 5) is 2.75. The van der Waals surface area contributed by atoms with Crippen LogP contribution in [0.25, 0.3) is 0 Å². The van der Waals surface area contributed by atoms with Gasteiger partial charge in [-0.25, -0.2) is 0 Å². The van der Waals surface area contributed by atoms with Crippen molar-refractivity contribution in [3.05, 3.63) is 0 Å². The van der Waals surface area contributed by atoms with Gasteiger partial charge in [0.25, 0.3) is 0 Å². The molecular weight excluding hydrogens is 256 g/mol. The predicted octanol–water partition coefficient (Wildman–Crippen LogP) is 4.01. The molecule has 1 heterocycles. The van der Waals surface area contributed by atoms with Crippen molar-refractivity contribution in [2.45, 2.75) is 66.8 Å². The van der Waals surface area contributed by atoms with Gasteiger partial charge in [0.2, 0.25) is 0 Å². The number of nitrogens with zero attached hydrogens (tertiary/aromatic N) is 1. The summed E-state index contributed by atoms with van der Waals surface area (Å²) in [5.41, 5.74) is 0.473. The molecule has 1 saturated carbocycles. The molecule has 1 aliphatic heterocycles. The van der Waals surface area contributed by atoms with Crippen LogP contribution in [-0.2, 0) is 0 Å². The molecule has 1 N–H and O–H groups in total. The van der Waals surface area contributed by atoms with Crippen LogP contribution in [0.3, 0.4) is 0 Å². The topological polar surface area (TPSA) is 15.3 Å². The normalized spacial score (nSPS) is 38.9. The second kappa shape index (κ2) is 7.00. The van der Waals surface area contributed by atoms with Crippen LogP contribution in [0.4, 0.5) is 0 Å². The van der Waals surface area contributed by atoms with Gasteiger partial charge < -0.3 is 10.2 Å². The Labute approximate surface area is 133 Å². The molecule has 0 amide bonds. The van der Waals surface area contributed by atoms with E-state index in [-0.39, 0.29) is 0 Å². The Morgan fingerprint density at radius 2 is 1.67 bits per heavy atom. The fourth-order valence-electron chi connectivity index (χ4n) is 4.51. The third-order valence-corrected chi connectivity index (χ3v) is 6.23. The molecule has 1 saturated heterocycles. The smallest absolute Gasteiger partial charge is 0.0108 e. The van der Waals surface area contributed by atoms with Crippen molar-refractivity contribution in [1.29, 1.82) is 0 Å². The van der Waals surface area contributed by atoms with Crippen molar-refractivity contribution in [2.75, 3.05) is 26.2 Å². The van der Waals surface area contributed by atoms with Gasteiger partial charge in [-0.1, -0.05) is 41.5 Å². The van der Waals surface area contributed by atoms with Crippen LogP contribution in [0.1, 0.15) is 60.8 Å². The van der Waals surface area contributed by atoms with E-state index in [0.717, 1.165) is 36.3 Å². The molecule has 2 fully saturated rings. The predicted molar refractivity (Wildman–Crippen MR) is 92.5 cm³/mol. The Kier molecular flexibility index (Phi) is 5.76. The van der Waals surface area contributed by atoms with Gasteiger partial charge in [0.05, 0.1) is 0 Å². The van der Waals surface area contributed by atoms with Crippen LogP contribution in [-0.4, -0.2) is 37.1 Å². The fraction of sp³-hybridized carbons (Fsp3) is 1.00. The highest BCUT2D eigenvalue weighted by atomic mass is 15.2. The number of rotatable bonds is 4. The van der Waals surface area contributed by atoms with Gasteiger partial charge in [-0.2, -0.15) is 0 Å². The Balaban J connectivity index is 1.97. The number of nitrogens with one attached hydrogen (secondary N) is 1. The van der Waals surface area contributed by atoms with Crippen LogP contribution in [0.15, 0.2) is 0 Å². The molecule has 2 rings (SSSR count). The first-order chi connectivity index (χ1) is 9.81. The van der Waals surface area contributed by atoms with Crippen LogP contribution >= 0.6 is 0 Å². The minimum absolute atomic E-state index is 0.473. The molecular formula is C19H38N2. The molecule has 0 aromatic heterocycles. The zero-order chi connectivity index (χ0) is 15.6. The molecule has 0 aromatic carbocycles. The van der Waals surface area contributed by atoms with E-state index in [1.54, 1.807) is 0 Å². The van der Waals surface area contributed by atoms with Crippen molar-refractivity contribution < 1.29 is 0 Å². The summed E-state index contributed by atoms with van der Waals surface area (Å²) in [7, 11) is 0. The lowest BCUT2D eigenvalue weighted by molar-refractivity contribution is 0.0924. The molecule has 0 radical (unpaired) electrons. The average Bonchev–Trinajstić information content (AvgIpc) is 2.69. The molecule has 2 nitrogen and oxygen atoms in total. The zero-order valence-corrected chi connectivity index (χ0v) is 15.3. The van der Waals surface area contributed by atoms with E-state index in [0.29, 0.717) is 5.41 Å². The molecule has 0 spiro atoms. The first-order valence-electron chi connectivity index (χ1n) is 9.27. The van der Waals surface area contributed by atoms with Gasteiger partial charge in [0.15, 0.2) is 0 Å². The maximum Gasteiger partial charge on any atom is 0.0108 e. The molecule has 2 aliphatic rings. The van der Waals surface area contributed by atoms with Crippen LogP contribution in [0, 0.1) is 29.1 Å². The number of hydrogen-bond acceptors (Lipinski definition) is 2. The van der Waals surface area contributed by atoms with E-state index >= 15 is 0 Å². The van der Waals surface area contributed by atoms with Crippen molar-refractivity contribution >= 4 is 0 Å². The third-order valence-electron chi connectivity index (χ3n) is 6.23. The average molecular weight is 295 g/mol. The molecule has 1 aliphatic carbocycles. The van der Waals surface area contributed by atoms with E-state index in [9.17, 15) is 0 Å². The van der Waals surface area contributed by atoms with Crippen LogP contribution < -0.4 is 5.32 Å². The minimum atomic E-state index is 0.473. The summed E-state index contributed by atoms with van der Waals surface area (Å²) < 4.78 is 0. The van der Waals surface area contributed by atoms with E-state index < -0.39 is 0 Å². The van der Waals surface area contributed by atoms with E-state index in [2.05, 4.69) is 51.8 Å². The lowest BCUT2D eigenvalue weighted by atomic mass is 9.67. The quantitative estimate of drug-likeness (QED) is 0.842. The van der Waals surface area contributed by atoms with Crippen molar-refractivity contribution in [3.63, 3.8) is 0 Å². The Bertz CT molecular complexity index is 310. The first-order valence-corrected chi connectivity index (χ1v) is 9.27. The standard InChI is InChI=1S/C19H38N2/c1-7-20-18-9-8-17(19(4,5)6)10-16(18)13-21-11-14(2)15(3)12-21/h14-18,20H,7-13H2,1-6H3. The van der Waals surface area contributed by atoms with Gasteiger partial charge >= 0.3 is 0 Å². The summed E-state index contributed by atoms with van der Waals surface area (Å²) in [6.45, 7) is 19.5. The lowest BCUT2D eigenvalue weighted by Gasteiger charge is -2.43. The summed E-state index contributed by atoms with van der Waals surface area (Å²) in [6, 6.07) is 0.750. The second-order valence-corrected chi connectivity index (χ2v) is 8.97. The van der Waals surface area contributed by atoms with Crippen molar-refractivity contribution in [1.82, 2.24) is 10.2 Å².